The number of alkyl halides is 6. The number of ether oxygens (including phenoxy) is 1. The monoisotopic (exact) mass is 505 g/mol. The van der Waals surface area contributed by atoms with Gasteiger partial charge in [0.05, 0.1) is 28.2 Å². The zero-order chi connectivity index (χ0) is 25.1. The fraction of sp³-hybridized carbons (Fsp3) is 0.318. The molecule has 0 N–H and O–H groups in total. The number of rotatable bonds is 3. The normalized spacial score (nSPS) is 22.0. The number of hydrogen-bond acceptors (Lipinski definition) is 4. The highest BCUT2D eigenvalue weighted by molar-refractivity contribution is 7.89. The van der Waals surface area contributed by atoms with E-state index in [4.69, 9.17) is 4.74 Å². The Balaban J connectivity index is 2.04. The second kappa shape index (κ2) is 7.84. The van der Waals surface area contributed by atoms with Crippen molar-refractivity contribution in [2.45, 2.75) is 36.1 Å². The predicted octanol–water partition coefficient (Wildman–Crippen LogP) is 4.87. The summed E-state index contributed by atoms with van der Waals surface area (Å²) in [7, 11) is -4.37. The second-order valence-corrected chi connectivity index (χ2v) is 9.65. The molecule has 5 nitrogen and oxygen atoms in total. The van der Waals surface area contributed by atoms with Crippen molar-refractivity contribution in [3.63, 3.8) is 0 Å². The van der Waals surface area contributed by atoms with Crippen molar-refractivity contribution < 1.29 is 44.3 Å². The Bertz CT molecular complexity index is 1270. The average molecular weight is 505 g/mol. The molecule has 0 fully saturated rings. The standard InChI is InChI=1S/C22H17F6NO4S/c1-2-33-19(30)13-7-8-20(17-5-3-4-6-18(17)34(31,32)29(20)12-13)14-9-15(21(23,24)25)11-16(10-14)22(26,27)28/h3-7,9-11H,2,8,12H2,1H3. The molecule has 0 spiro atoms. The van der Waals surface area contributed by atoms with E-state index in [-0.39, 0.29) is 35.1 Å². The lowest BCUT2D eigenvalue weighted by molar-refractivity contribution is -0.143. The van der Waals surface area contributed by atoms with Crippen LogP contribution in [0.2, 0.25) is 0 Å². The molecule has 0 aromatic heterocycles. The van der Waals surface area contributed by atoms with Crippen molar-refractivity contribution in [2.75, 3.05) is 13.2 Å². The molecule has 2 aliphatic heterocycles. The molecule has 0 amide bonds. The summed E-state index contributed by atoms with van der Waals surface area (Å²) in [5.74, 6) is -0.817. The zero-order valence-electron chi connectivity index (χ0n) is 17.5. The molecule has 2 aromatic carbocycles. The Labute approximate surface area is 190 Å². The van der Waals surface area contributed by atoms with Gasteiger partial charge in [-0.3, -0.25) is 0 Å². The van der Waals surface area contributed by atoms with Crippen LogP contribution in [0, 0.1) is 0 Å². The van der Waals surface area contributed by atoms with Gasteiger partial charge in [0.2, 0.25) is 10.0 Å². The maximum absolute atomic E-state index is 13.6. The van der Waals surface area contributed by atoms with E-state index < -0.39 is 57.1 Å². The van der Waals surface area contributed by atoms with Crippen LogP contribution in [-0.4, -0.2) is 31.8 Å². The minimum atomic E-state index is -5.12. The molecule has 12 heteroatoms. The van der Waals surface area contributed by atoms with Crippen LogP contribution in [0.5, 0.6) is 0 Å². The molecular formula is C22H17F6NO4S. The molecule has 1 unspecified atom stereocenters. The first kappa shape index (κ1) is 24.3. The Morgan fingerprint density at radius 1 is 1.03 bits per heavy atom. The van der Waals surface area contributed by atoms with Gasteiger partial charge in [-0.2, -0.15) is 30.6 Å². The Morgan fingerprint density at radius 2 is 1.62 bits per heavy atom. The largest absolute Gasteiger partial charge is 0.463 e. The van der Waals surface area contributed by atoms with Gasteiger partial charge >= 0.3 is 18.3 Å². The number of esters is 1. The van der Waals surface area contributed by atoms with Crippen LogP contribution in [0.15, 0.2) is 59.0 Å². The van der Waals surface area contributed by atoms with Gasteiger partial charge in [-0.25, -0.2) is 13.2 Å². The van der Waals surface area contributed by atoms with Crippen molar-refractivity contribution in [1.29, 1.82) is 0 Å². The lowest BCUT2D eigenvalue weighted by Crippen LogP contribution is -2.48. The molecule has 2 aliphatic rings. The van der Waals surface area contributed by atoms with Crippen LogP contribution in [0.25, 0.3) is 0 Å². The van der Waals surface area contributed by atoms with E-state index in [2.05, 4.69) is 0 Å². The van der Waals surface area contributed by atoms with Gasteiger partial charge in [-0.15, -0.1) is 0 Å². The van der Waals surface area contributed by atoms with E-state index in [0.717, 1.165) is 4.31 Å². The molecule has 4 rings (SSSR count). The van der Waals surface area contributed by atoms with E-state index in [0.29, 0.717) is 12.1 Å². The predicted molar refractivity (Wildman–Crippen MR) is 107 cm³/mol. The van der Waals surface area contributed by atoms with Crippen molar-refractivity contribution in [3.8, 4) is 0 Å². The van der Waals surface area contributed by atoms with Crippen LogP contribution >= 0.6 is 0 Å². The molecule has 0 saturated carbocycles. The number of carbonyl (C=O) groups is 1. The van der Waals surface area contributed by atoms with Gasteiger partial charge in [0.1, 0.15) is 0 Å². The Kier molecular flexibility index (Phi) is 5.60. The SMILES string of the molecule is CCOC(=O)C1=CCC2(c3cc(C(F)(F)F)cc(C(F)(F)F)c3)c3ccccc3S(=O)(=O)N2C1. The minimum absolute atomic E-state index is 0.00311. The third-order valence-corrected chi connectivity index (χ3v) is 7.82. The molecule has 1 atom stereocenters. The highest BCUT2D eigenvalue weighted by Crippen LogP contribution is 2.54. The minimum Gasteiger partial charge on any atom is -0.463 e. The van der Waals surface area contributed by atoms with Gasteiger partial charge in [0.15, 0.2) is 0 Å². The molecular weight excluding hydrogens is 488 g/mol. The highest BCUT2D eigenvalue weighted by Gasteiger charge is 2.57. The fourth-order valence-electron chi connectivity index (χ4n) is 4.40. The number of halogens is 6. The van der Waals surface area contributed by atoms with Gasteiger partial charge in [-0.05, 0) is 48.7 Å². The molecule has 0 saturated heterocycles. The van der Waals surface area contributed by atoms with Crippen LogP contribution in [0.3, 0.4) is 0 Å². The fourth-order valence-corrected chi connectivity index (χ4v) is 6.40. The molecule has 0 bridgehead atoms. The number of carbonyl (C=O) groups excluding carboxylic acids is 1. The number of hydrogen-bond donors (Lipinski definition) is 0. The lowest BCUT2D eigenvalue weighted by Gasteiger charge is -2.41. The molecule has 182 valence electrons. The molecule has 2 heterocycles. The van der Waals surface area contributed by atoms with Crippen LogP contribution in [0.1, 0.15) is 35.6 Å². The summed E-state index contributed by atoms with van der Waals surface area (Å²) in [6, 6.07) is 6.48. The first-order chi connectivity index (χ1) is 15.7. The number of benzene rings is 2. The number of sulfonamides is 1. The summed E-state index contributed by atoms with van der Waals surface area (Å²) in [5.41, 5.74) is -5.56. The molecule has 0 radical (unpaired) electrons. The molecule has 0 aliphatic carbocycles. The van der Waals surface area contributed by atoms with Crippen LogP contribution in [-0.2, 0) is 37.4 Å². The number of nitrogens with zero attached hydrogens (tertiary/aromatic N) is 1. The summed E-state index contributed by atoms with van der Waals surface area (Å²) in [6.45, 7) is 0.958. The Hall–Kier alpha value is -2.86. The van der Waals surface area contributed by atoms with Crippen molar-refractivity contribution in [3.05, 3.63) is 76.4 Å². The topological polar surface area (TPSA) is 63.7 Å². The first-order valence-electron chi connectivity index (χ1n) is 10.0. The first-order valence-corrected chi connectivity index (χ1v) is 11.5. The van der Waals surface area contributed by atoms with Gasteiger partial charge in [0.25, 0.3) is 0 Å². The maximum Gasteiger partial charge on any atom is 0.416 e. The van der Waals surface area contributed by atoms with Crippen molar-refractivity contribution in [1.82, 2.24) is 4.31 Å². The smallest absolute Gasteiger partial charge is 0.416 e. The third-order valence-electron chi connectivity index (χ3n) is 5.89. The van der Waals surface area contributed by atoms with Crippen molar-refractivity contribution >= 4 is 16.0 Å². The second-order valence-electron chi connectivity index (χ2n) is 7.82. The van der Waals surface area contributed by atoms with Crippen LogP contribution in [0.4, 0.5) is 26.3 Å². The summed E-state index contributed by atoms with van der Waals surface area (Å²) in [5, 5.41) is 0. The summed E-state index contributed by atoms with van der Waals surface area (Å²) in [6.07, 6.45) is -9.29. The van der Waals surface area contributed by atoms with E-state index in [1.807, 2.05) is 0 Å². The summed E-state index contributed by atoms with van der Waals surface area (Å²) >= 11 is 0. The Morgan fingerprint density at radius 3 is 2.18 bits per heavy atom. The highest BCUT2D eigenvalue weighted by atomic mass is 32.2. The van der Waals surface area contributed by atoms with Crippen molar-refractivity contribution in [2.24, 2.45) is 0 Å². The molecule has 2 aromatic rings. The summed E-state index contributed by atoms with van der Waals surface area (Å²) in [4.78, 5) is 12.0. The van der Waals surface area contributed by atoms with E-state index in [1.165, 1.54) is 37.3 Å². The number of fused-ring (bicyclic) bond motifs is 3. The zero-order valence-corrected chi connectivity index (χ0v) is 18.3. The van der Waals surface area contributed by atoms with Crippen LogP contribution < -0.4 is 0 Å². The maximum atomic E-state index is 13.6. The van der Waals surface area contributed by atoms with E-state index in [1.54, 1.807) is 0 Å². The van der Waals surface area contributed by atoms with Gasteiger partial charge in [-0.1, -0.05) is 24.3 Å². The van der Waals surface area contributed by atoms with Gasteiger partial charge < -0.3 is 4.74 Å². The summed E-state index contributed by atoms with van der Waals surface area (Å²) < 4.78 is 114. The van der Waals surface area contributed by atoms with Gasteiger partial charge in [0, 0.05) is 12.1 Å². The lowest BCUT2D eigenvalue weighted by atomic mass is 9.76. The average Bonchev–Trinajstić information content (AvgIpc) is 2.97. The quantitative estimate of drug-likeness (QED) is 0.442. The third kappa shape index (κ3) is 3.68. The van der Waals surface area contributed by atoms with E-state index in [9.17, 15) is 39.6 Å². The van der Waals surface area contributed by atoms with E-state index >= 15 is 0 Å². The molecule has 34 heavy (non-hydrogen) atoms.